The monoisotopic (exact) mass is 594 g/mol. The second kappa shape index (κ2) is 11.8. The quantitative estimate of drug-likeness (QED) is 0.174. The molecule has 0 radical (unpaired) electrons. The maximum atomic E-state index is 15.3. The number of pyridine rings is 1. The predicted octanol–water partition coefficient (Wildman–Crippen LogP) is 5.58. The lowest BCUT2D eigenvalue weighted by Gasteiger charge is -2.29. The van der Waals surface area contributed by atoms with Crippen LogP contribution in [-0.4, -0.2) is 37.2 Å². The summed E-state index contributed by atoms with van der Waals surface area (Å²) in [6.45, 7) is 1.76. The van der Waals surface area contributed by atoms with E-state index in [0.29, 0.717) is 34.9 Å². The maximum Gasteiger partial charge on any atom is 0.268 e. The smallest absolute Gasteiger partial charge is 0.268 e. The molecule has 3 aromatic heterocycles. The number of aromatic nitrogens is 4. The van der Waals surface area contributed by atoms with Crippen LogP contribution in [0.2, 0.25) is 0 Å². The first-order valence-electron chi connectivity index (χ1n) is 13.7. The number of nitrogens with zero attached hydrogens (tertiary/aromatic N) is 5. The van der Waals surface area contributed by atoms with Crippen molar-refractivity contribution in [3.63, 3.8) is 0 Å². The number of hydrogen-bond donors (Lipinski definition) is 1. The molecule has 220 valence electrons. The Morgan fingerprint density at radius 2 is 1.75 bits per heavy atom. The van der Waals surface area contributed by atoms with E-state index in [1.807, 2.05) is 0 Å². The summed E-state index contributed by atoms with van der Waals surface area (Å²) in [5, 5.41) is 7.29. The molecule has 5 aromatic rings. The van der Waals surface area contributed by atoms with Crippen LogP contribution in [0.3, 0.4) is 0 Å². The van der Waals surface area contributed by atoms with E-state index in [2.05, 4.69) is 20.4 Å². The number of benzene rings is 2. The zero-order valence-corrected chi connectivity index (χ0v) is 23.3. The molecule has 1 aliphatic heterocycles. The summed E-state index contributed by atoms with van der Waals surface area (Å²) in [6, 6.07) is 14.0. The van der Waals surface area contributed by atoms with E-state index in [1.165, 1.54) is 30.3 Å². The van der Waals surface area contributed by atoms with Crippen LogP contribution < -0.4 is 15.0 Å². The summed E-state index contributed by atoms with van der Waals surface area (Å²) in [4.78, 5) is 48.7. The zero-order chi connectivity index (χ0) is 30.8. The van der Waals surface area contributed by atoms with E-state index in [1.54, 1.807) is 54.4 Å². The van der Waals surface area contributed by atoms with Gasteiger partial charge in [0.25, 0.3) is 5.91 Å². The summed E-state index contributed by atoms with van der Waals surface area (Å²) in [5.41, 5.74) is 1.41. The van der Waals surface area contributed by atoms with Gasteiger partial charge in [-0.3, -0.25) is 14.4 Å². The van der Waals surface area contributed by atoms with Gasteiger partial charge in [0.05, 0.1) is 35.3 Å². The fraction of sp³-hybridized carbons (Fsp3) is 0.125. The Hall–Kier alpha value is -5.78. The van der Waals surface area contributed by atoms with Gasteiger partial charge >= 0.3 is 0 Å². The number of ketones is 1. The van der Waals surface area contributed by atoms with E-state index in [0.717, 1.165) is 23.1 Å². The molecular weight excluding hydrogens is 570 g/mol. The molecule has 0 saturated carbocycles. The highest BCUT2D eigenvalue weighted by Crippen LogP contribution is 2.32. The lowest BCUT2D eigenvalue weighted by Crippen LogP contribution is -2.46. The van der Waals surface area contributed by atoms with Crippen molar-refractivity contribution in [2.75, 3.05) is 10.2 Å². The van der Waals surface area contributed by atoms with Gasteiger partial charge in [-0.2, -0.15) is 5.10 Å². The maximum absolute atomic E-state index is 15.3. The minimum absolute atomic E-state index is 0.0931. The molecule has 1 unspecified atom stereocenters. The third-order valence-electron chi connectivity index (χ3n) is 7.04. The number of hydrogen-bond acceptors (Lipinski definition) is 8. The predicted molar refractivity (Wildman–Crippen MR) is 156 cm³/mol. The van der Waals surface area contributed by atoms with Crippen LogP contribution in [0.5, 0.6) is 11.5 Å². The molecule has 6 rings (SSSR count). The number of anilines is 3. The normalized spacial score (nSPS) is 14.9. The molecule has 0 bridgehead atoms. The molecule has 1 N–H and O–H groups in total. The fourth-order valence-electron chi connectivity index (χ4n) is 4.84. The second-order valence-corrected chi connectivity index (χ2v) is 9.97. The van der Waals surface area contributed by atoms with Crippen molar-refractivity contribution in [3.8, 4) is 11.5 Å². The fourth-order valence-corrected chi connectivity index (χ4v) is 4.84. The molecule has 0 aliphatic carbocycles. The van der Waals surface area contributed by atoms with Crippen LogP contribution >= 0.6 is 0 Å². The number of carbonyl (C=O) groups excluding carboxylic acids is 3. The average molecular weight is 595 g/mol. The van der Waals surface area contributed by atoms with Crippen LogP contribution in [0.1, 0.15) is 18.9 Å². The lowest BCUT2D eigenvalue weighted by atomic mass is 9.91. The van der Waals surface area contributed by atoms with Gasteiger partial charge in [0.2, 0.25) is 11.9 Å². The molecule has 0 spiro atoms. The molecule has 1 aliphatic rings. The van der Waals surface area contributed by atoms with Gasteiger partial charge in [-0.1, -0.05) is 19.1 Å². The Bertz CT molecular complexity index is 1920. The van der Waals surface area contributed by atoms with Crippen LogP contribution in [0, 0.1) is 17.6 Å². The average Bonchev–Trinajstić information content (AvgIpc) is 3.49. The lowest BCUT2D eigenvalue weighted by molar-refractivity contribution is -0.128. The Balaban J connectivity index is 1.22. The van der Waals surface area contributed by atoms with Crippen LogP contribution in [0.25, 0.3) is 5.52 Å². The first-order chi connectivity index (χ1) is 21.3. The van der Waals surface area contributed by atoms with Crippen molar-refractivity contribution in [1.82, 2.24) is 19.6 Å². The second-order valence-electron chi connectivity index (χ2n) is 9.97. The standard InChI is InChI=1S/C32H24F2N6O4/c1-2-20-16-24(31(43)40(30(20)42)23-7-5-21(33)6-8-23)27(41)15-19-4-9-28(25(34)14-19)44-29-17-22(18-39-26(29)10-13-37-39)38-32-35-11-3-12-36-32/h3-14,16-18,20H,2,15H2,1H3,(H,35,36,38). The summed E-state index contributed by atoms with van der Waals surface area (Å²) in [5.74, 6) is -3.30. The molecule has 0 saturated heterocycles. The molecule has 10 nitrogen and oxygen atoms in total. The summed E-state index contributed by atoms with van der Waals surface area (Å²) >= 11 is 0. The van der Waals surface area contributed by atoms with Gasteiger partial charge in [-0.15, -0.1) is 0 Å². The van der Waals surface area contributed by atoms with Gasteiger partial charge in [-0.25, -0.2) is 28.2 Å². The summed E-state index contributed by atoms with van der Waals surface area (Å²) in [6.07, 6.45) is 7.87. The van der Waals surface area contributed by atoms with Gasteiger partial charge in [-0.05, 0) is 60.5 Å². The number of fused-ring (bicyclic) bond motifs is 1. The largest absolute Gasteiger partial charge is 0.452 e. The van der Waals surface area contributed by atoms with E-state index in [9.17, 15) is 18.8 Å². The Morgan fingerprint density at radius 3 is 2.48 bits per heavy atom. The molecule has 44 heavy (non-hydrogen) atoms. The molecule has 1 atom stereocenters. The molecule has 2 amide bonds. The van der Waals surface area contributed by atoms with Crippen molar-refractivity contribution < 1.29 is 27.9 Å². The number of rotatable bonds is 9. The number of carbonyl (C=O) groups is 3. The van der Waals surface area contributed by atoms with Crippen LogP contribution in [-0.2, 0) is 20.8 Å². The highest BCUT2D eigenvalue weighted by Gasteiger charge is 2.38. The minimum Gasteiger partial charge on any atom is -0.452 e. The molecule has 0 fully saturated rings. The highest BCUT2D eigenvalue weighted by atomic mass is 19.1. The van der Waals surface area contributed by atoms with Crippen LogP contribution in [0.15, 0.2) is 97.1 Å². The number of nitrogens with one attached hydrogen (secondary N) is 1. The third-order valence-corrected chi connectivity index (χ3v) is 7.04. The number of halogens is 2. The summed E-state index contributed by atoms with van der Waals surface area (Å²) in [7, 11) is 0. The number of amides is 2. The number of ether oxygens (including phenoxy) is 1. The molecule has 12 heteroatoms. The Morgan fingerprint density at radius 1 is 0.977 bits per heavy atom. The topological polar surface area (TPSA) is 119 Å². The van der Waals surface area contributed by atoms with Crippen molar-refractivity contribution in [2.45, 2.75) is 19.8 Å². The first kappa shape index (κ1) is 28.3. The van der Waals surface area contributed by atoms with E-state index in [-0.39, 0.29) is 23.4 Å². The summed E-state index contributed by atoms with van der Waals surface area (Å²) < 4.78 is 36.3. The van der Waals surface area contributed by atoms with Crippen LogP contribution in [0.4, 0.5) is 26.1 Å². The van der Waals surface area contributed by atoms with E-state index < -0.39 is 35.1 Å². The highest BCUT2D eigenvalue weighted by molar-refractivity contribution is 6.33. The SMILES string of the molecule is CCC1C=C(C(=O)Cc2ccc(Oc3cc(Nc4ncccn4)cn4nccc34)c(F)c2)C(=O)N(c2ccc(F)cc2)C1=O. The number of Topliss-reactive ketones (excluding diaryl/α,β-unsaturated/α-hetero) is 1. The molecule has 2 aromatic carbocycles. The Kier molecular flexibility index (Phi) is 7.63. The minimum atomic E-state index is -0.809. The molecular formula is C32H24F2N6O4. The van der Waals surface area contributed by atoms with Gasteiger partial charge in [0, 0.05) is 24.9 Å². The first-order valence-corrected chi connectivity index (χ1v) is 13.7. The van der Waals surface area contributed by atoms with Gasteiger partial charge in [0.1, 0.15) is 11.3 Å². The van der Waals surface area contributed by atoms with Crippen molar-refractivity contribution in [2.24, 2.45) is 5.92 Å². The molecule has 4 heterocycles. The number of imide groups is 1. The Labute approximate surface area is 249 Å². The van der Waals surface area contributed by atoms with E-state index in [4.69, 9.17) is 4.74 Å². The zero-order valence-electron chi connectivity index (χ0n) is 23.3. The third kappa shape index (κ3) is 5.64. The van der Waals surface area contributed by atoms with Crippen molar-refractivity contribution in [3.05, 3.63) is 114 Å². The van der Waals surface area contributed by atoms with Gasteiger partial charge < -0.3 is 10.1 Å². The van der Waals surface area contributed by atoms with Gasteiger partial charge in [0.15, 0.2) is 23.1 Å². The van der Waals surface area contributed by atoms with Crippen molar-refractivity contribution in [1.29, 1.82) is 0 Å². The van der Waals surface area contributed by atoms with Crippen molar-refractivity contribution >= 4 is 40.4 Å². The van der Waals surface area contributed by atoms with E-state index >= 15 is 4.39 Å².